The predicted molar refractivity (Wildman–Crippen MR) is 123 cm³/mol. The Balaban J connectivity index is 0. The Morgan fingerprint density at radius 1 is 0.677 bits per heavy atom. The average Bonchev–Trinajstić information content (AvgIpc) is 2.73. The van der Waals surface area contributed by atoms with Gasteiger partial charge in [0, 0.05) is 58.4 Å². The lowest BCUT2D eigenvalue weighted by Gasteiger charge is -2.28. The molecule has 0 unspecified atom stereocenters. The number of ether oxygens (including phenoxy) is 1. The van der Waals surface area contributed by atoms with Gasteiger partial charge in [-0.15, -0.1) is 0 Å². The monoisotopic (exact) mass is 484 g/mol. The van der Waals surface area contributed by atoms with Crippen LogP contribution in [0.3, 0.4) is 0 Å². The van der Waals surface area contributed by atoms with Crippen molar-refractivity contribution < 1.29 is 40.5 Å². The number of esters is 1. The zero-order valence-corrected chi connectivity index (χ0v) is 22.5. The van der Waals surface area contributed by atoms with Crippen LogP contribution >= 0.6 is 0 Å². The number of carbonyl (C=O) groups is 1. The van der Waals surface area contributed by atoms with Gasteiger partial charge in [0.15, 0.2) is 0 Å². The first-order valence-electron chi connectivity index (χ1n) is 11.1. The zero-order valence-electron chi connectivity index (χ0n) is 20.5. The molecule has 0 N–H and O–H groups in total. The van der Waals surface area contributed by atoms with Crippen molar-refractivity contribution in [2.24, 2.45) is 0 Å². The van der Waals surface area contributed by atoms with Crippen molar-refractivity contribution in [3.05, 3.63) is 12.7 Å². The van der Waals surface area contributed by atoms with Gasteiger partial charge in [-0.05, 0) is 54.9 Å². The fourth-order valence-corrected chi connectivity index (χ4v) is 6.97. The highest BCUT2D eigenvalue weighted by Crippen LogP contribution is 2.18. The third kappa shape index (κ3) is 15.7. The van der Waals surface area contributed by atoms with Gasteiger partial charge in [-0.1, -0.05) is 6.58 Å². The minimum Gasteiger partial charge on any atom is -0.463 e. The van der Waals surface area contributed by atoms with Gasteiger partial charge in [0.2, 0.25) is 0 Å². The second kappa shape index (κ2) is 21.2. The molecule has 0 rings (SSSR count). The van der Waals surface area contributed by atoms with Crippen LogP contribution in [0, 0.1) is 0 Å². The second-order valence-corrected chi connectivity index (χ2v) is 10.6. The van der Waals surface area contributed by atoms with E-state index in [2.05, 4.69) is 6.58 Å². The standard InChI is InChI=1S/C12H24O5Si.C8H20O4Si/c1-5-12(13)14-10-9-11-18(15-6-2,16-7-3)17-8-4;1-5-9-13(10-6-2,11-7-3)12-8-4/h5H,1,6-11H2,2-4H3;5-8H2,1-4H3. The molecule has 0 heterocycles. The van der Waals surface area contributed by atoms with Crippen LogP contribution in [-0.2, 0) is 40.5 Å². The highest BCUT2D eigenvalue weighted by Gasteiger charge is 2.44. The molecule has 0 saturated heterocycles. The number of rotatable bonds is 19. The molecular formula is C20H44O9Si2. The summed E-state index contributed by atoms with van der Waals surface area (Å²) in [6.45, 7) is 20.9. The molecule has 0 radical (unpaired) electrons. The Morgan fingerprint density at radius 2 is 1.03 bits per heavy atom. The molecule has 0 aliphatic rings. The summed E-state index contributed by atoms with van der Waals surface area (Å²) in [5.41, 5.74) is 0. The maximum absolute atomic E-state index is 10.9. The van der Waals surface area contributed by atoms with E-state index in [4.69, 9.17) is 35.7 Å². The summed E-state index contributed by atoms with van der Waals surface area (Å²) in [4.78, 5) is 10.9. The topological polar surface area (TPSA) is 90.9 Å². The van der Waals surface area contributed by atoms with Gasteiger partial charge >= 0.3 is 23.8 Å². The van der Waals surface area contributed by atoms with Crippen molar-refractivity contribution in [1.29, 1.82) is 0 Å². The van der Waals surface area contributed by atoms with Gasteiger partial charge < -0.3 is 35.7 Å². The highest BCUT2D eigenvalue weighted by atomic mass is 28.4. The molecule has 0 fully saturated rings. The first-order valence-corrected chi connectivity index (χ1v) is 14.7. The first-order chi connectivity index (χ1) is 14.9. The molecule has 0 aromatic rings. The lowest BCUT2D eigenvalue weighted by Crippen LogP contribution is -2.49. The van der Waals surface area contributed by atoms with Crippen molar-refractivity contribution in [3.8, 4) is 0 Å². The molecule has 0 bridgehead atoms. The van der Waals surface area contributed by atoms with Crippen molar-refractivity contribution in [3.63, 3.8) is 0 Å². The SMILES string of the molecule is C=CC(=O)OCCC[Si](OCC)(OCC)OCC.CCO[Si](OCC)(OCC)OCC. The Bertz CT molecular complexity index is 392. The van der Waals surface area contributed by atoms with Crippen molar-refractivity contribution in [2.45, 2.75) is 60.9 Å². The summed E-state index contributed by atoms with van der Waals surface area (Å²) in [6, 6.07) is 0.646. The smallest absolute Gasteiger partial charge is 0.463 e. The van der Waals surface area contributed by atoms with Gasteiger partial charge in [0.05, 0.1) is 6.61 Å². The van der Waals surface area contributed by atoms with Gasteiger partial charge in [0.1, 0.15) is 0 Å². The fourth-order valence-electron chi connectivity index (χ4n) is 2.48. The lowest BCUT2D eigenvalue weighted by molar-refractivity contribution is -0.137. The molecule has 0 aliphatic heterocycles. The minimum atomic E-state index is -2.80. The Hall–Kier alpha value is -0.636. The van der Waals surface area contributed by atoms with Crippen LogP contribution in [0.4, 0.5) is 0 Å². The largest absolute Gasteiger partial charge is 0.679 e. The van der Waals surface area contributed by atoms with Crippen molar-refractivity contribution >= 4 is 23.8 Å². The molecule has 0 aromatic carbocycles. The average molecular weight is 485 g/mol. The van der Waals surface area contributed by atoms with Crippen LogP contribution in [0.2, 0.25) is 6.04 Å². The van der Waals surface area contributed by atoms with Crippen LogP contribution in [0.15, 0.2) is 12.7 Å². The van der Waals surface area contributed by atoms with Crippen LogP contribution in [0.25, 0.3) is 0 Å². The highest BCUT2D eigenvalue weighted by molar-refractivity contribution is 6.60. The molecule has 0 atom stereocenters. The fraction of sp³-hybridized carbons (Fsp3) is 0.850. The van der Waals surface area contributed by atoms with E-state index in [1.807, 2.05) is 48.5 Å². The van der Waals surface area contributed by atoms with Gasteiger partial charge in [-0.2, -0.15) is 0 Å². The summed E-state index contributed by atoms with van der Waals surface area (Å²) in [6.07, 6.45) is 1.81. The van der Waals surface area contributed by atoms with E-state index in [0.29, 0.717) is 65.3 Å². The van der Waals surface area contributed by atoms with Crippen LogP contribution in [-0.4, -0.2) is 76.7 Å². The van der Waals surface area contributed by atoms with Crippen molar-refractivity contribution in [1.82, 2.24) is 0 Å². The molecule has 9 nitrogen and oxygen atoms in total. The van der Waals surface area contributed by atoms with E-state index in [-0.39, 0.29) is 0 Å². The lowest BCUT2D eigenvalue weighted by atomic mass is 10.5. The summed E-state index contributed by atoms with van der Waals surface area (Å²) in [5.74, 6) is -0.411. The van der Waals surface area contributed by atoms with E-state index >= 15 is 0 Å². The summed E-state index contributed by atoms with van der Waals surface area (Å²) in [7, 11) is -5.39. The molecule has 0 aromatic heterocycles. The molecule has 186 valence electrons. The Kier molecular flexibility index (Phi) is 22.3. The van der Waals surface area contributed by atoms with Crippen LogP contribution < -0.4 is 0 Å². The van der Waals surface area contributed by atoms with E-state index in [1.165, 1.54) is 0 Å². The predicted octanol–water partition coefficient (Wildman–Crippen LogP) is 3.72. The number of hydrogen-bond acceptors (Lipinski definition) is 9. The maximum Gasteiger partial charge on any atom is 0.679 e. The van der Waals surface area contributed by atoms with Crippen LogP contribution in [0.1, 0.15) is 54.9 Å². The van der Waals surface area contributed by atoms with E-state index < -0.39 is 23.8 Å². The van der Waals surface area contributed by atoms with Crippen molar-refractivity contribution in [2.75, 3.05) is 52.9 Å². The summed E-state index contributed by atoms with van der Waals surface area (Å²) >= 11 is 0. The third-order valence-electron chi connectivity index (χ3n) is 3.42. The van der Waals surface area contributed by atoms with E-state index in [9.17, 15) is 4.79 Å². The molecular weight excluding hydrogens is 440 g/mol. The maximum atomic E-state index is 10.9. The molecule has 31 heavy (non-hydrogen) atoms. The minimum absolute atomic E-state index is 0.326. The normalized spacial score (nSPS) is 11.6. The number of carbonyl (C=O) groups excluding carboxylic acids is 1. The number of hydrogen-bond donors (Lipinski definition) is 0. The molecule has 0 aliphatic carbocycles. The van der Waals surface area contributed by atoms with Gasteiger partial charge in [-0.3, -0.25) is 0 Å². The quantitative estimate of drug-likeness (QED) is 0.118. The second-order valence-electron chi connectivity index (χ2n) is 5.69. The Morgan fingerprint density at radius 3 is 1.32 bits per heavy atom. The van der Waals surface area contributed by atoms with Gasteiger partial charge in [0.25, 0.3) is 0 Å². The molecule has 0 saturated carbocycles. The Labute approximate surface area is 191 Å². The molecule has 11 heteroatoms. The first kappa shape index (κ1) is 32.5. The van der Waals surface area contributed by atoms with Gasteiger partial charge in [-0.25, -0.2) is 4.79 Å². The van der Waals surface area contributed by atoms with Crippen LogP contribution in [0.5, 0.6) is 0 Å². The van der Waals surface area contributed by atoms with E-state index in [1.54, 1.807) is 0 Å². The third-order valence-corrected chi connectivity index (χ3v) is 9.14. The molecule has 0 spiro atoms. The van der Waals surface area contributed by atoms with E-state index in [0.717, 1.165) is 6.08 Å². The summed E-state index contributed by atoms with van der Waals surface area (Å²) in [5, 5.41) is 0. The summed E-state index contributed by atoms with van der Waals surface area (Å²) < 4.78 is 43.6. The molecule has 0 amide bonds. The zero-order chi connectivity index (χ0) is 24.0.